The van der Waals surface area contributed by atoms with Crippen LogP contribution in [0.4, 0.5) is 4.79 Å². The van der Waals surface area contributed by atoms with Crippen molar-refractivity contribution >= 4 is 18.0 Å². The van der Waals surface area contributed by atoms with Crippen molar-refractivity contribution in [3.8, 4) is 0 Å². The average Bonchev–Trinajstić information content (AvgIpc) is 2.97. The second-order valence-electron chi connectivity index (χ2n) is 5.48. The normalized spacial score (nSPS) is 25.9. The van der Waals surface area contributed by atoms with Crippen molar-refractivity contribution in [2.24, 2.45) is 11.8 Å². The van der Waals surface area contributed by atoms with Gasteiger partial charge in [0.15, 0.2) is 0 Å². The third-order valence-corrected chi connectivity index (χ3v) is 4.21. The minimum atomic E-state index is -1.24. The molecule has 0 aromatic rings. The number of hydrogen-bond acceptors (Lipinski definition) is 4. The molecule has 1 aliphatic carbocycles. The standard InChI is InChI=1S/C13H20N2O5/c1-20-11(16)5-10(12(17)18)14-13(19)15-6-8-3-2-4-9(8)7-15/h8-10H,2-7H2,1H3,(H,14,19)(H,17,18)/t8?,9?,10-/m0/s1. The number of fused-ring (bicyclic) bond motifs is 1. The molecule has 0 aromatic carbocycles. The van der Waals surface area contributed by atoms with Gasteiger partial charge in [-0.15, -0.1) is 0 Å². The van der Waals surface area contributed by atoms with Crippen molar-refractivity contribution in [1.82, 2.24) is 10.2 Å². The SMILES string of the molecule is COC(=O)C[C@H](NC(=O)N1CC2CCCC2C1)C(=O)O. The monoisotopic (exact) mass is 284 g/mol. The number of carbonyl (C=O) groups is 3. The number of nitrogens with zero attached hydrogens (tertiary/aromatic N) is 1. The smallest absolute Gasteiger partial charge is 0.326 e. The van der Waals surface area contributed by atoms with E-state index in [2.05, 4.69) is 10.1 Å². The van der Waals surface area contributed by atoms with Gasteiger partial charge in [0, 0.05) is 13.1 Å². The van der Waals surface area contributed by atoms with E-state index in [4.69, 9.17) is 5.11 Å². The highest BCUT2D eigenvalue weighted by molar-refractivity contribution is 5.86. The first kappa shape index (κ1) is 14.6. The third-order valence-electron chi connectivity index (χ3n) is 4.21. The highest BCUT2D eigenvalue weighted by atomic mass is 16.5. The molecule has 20 heavy (non-hydrogen) atoms. The molecule has 1 heterocycles. The minimum absolute atomic E-state index is 0.363. The molecule has 1 saturated carbocycles. The fraction of sp³-hybridized carbons (Fsp3) is 0.769. The van der Waals surface area contributed by atoms with Crippen LogP contribution < -0.4 is 5.32 Å². The number of carboxylic acids is 1. The van der Waals surface area contributed by atoms with Gasteiger partial charge in [-0.1, -0.05) is 6.42 Å². The quantitative estimate of drug-likeness (QED) is 0.730. The van der Waals surface area contributed by atoms with Crippen LogP contribution in [0, 0.1) is 11.8 Å². The van der Waals surface area contributed by atoms with Crippen molar-refractivity contribution in [2.45, 2.75) is 31.7 Å². The Morgan fingerprint density at radius 3 is 2.40 bits per heavy atom. The Kier molecular flexibility index (Phi) is 4.46. The average molecular weight is 284 g/mol. The maximum atomic E-state index is 12.1. The molecule has 1 saturated heterocycles. The molecule has 0 radical (unpaired) electrons. The maximum absolute atomic E-state index is 12.1. The van der Waals surface area contributed by atoms with Gasteiger partial charge in [-0.25, -0.2) is 9.59 Å². The van der Waals surface area contributed by atoms with Gasteiger partial charge >= 0.3 is 18.0 Å². The van der Waals surface area contributed by atoms with Gasteiger partial charge < -0.3 is 20.1 Å². The summed E-state index contributed by atoms with van der Waals surface area (Å²) in [4.78, 5) is 35.9. The fourth-order valence-electron chi connectivity index (χ4n) is 3.09. The van der Waals surface area contributed by atoms with Crippen LogP contribution in [0.5, 0.6) is 0 Å². The Balaban J connectivity index is 1.88. The number of carbonyl (C=O) groups excluding carboxylic acids is 2. The third kappa shape index (κ3) is 3.20. The van der Waals surface area contributed by atoms with Crippen molar-refractivity contribution in [2.75, 3.05) is 20.2 Å². The zero-order valence-electron chi connectivity index (χ0n) is 11.5. The molecule has 2 amide bonds. The number of esters is 1. The Morgan fingerprint density at radius 1 is 1.30 bits per heavy atom. The lowest BCUT2D eigenvalue weighted by atomic mass is 10.0. The molecule has 7 heteroatoms. The van der Waals surface area contributed by atoms with Crippen LogP contribution in [0.1, 0.15) is 25.7 Å². The highest BCUT2D eigenvalue weighted by Crippen LogP contribution is 2.37. The van der Waals surface area contributed by atoms with Crippen LogP contribution in [0.3, 0.4) is 0 Å². The molecule has 0 bridgehead atoms. The van der Waals surface area contributed by atoms with Crippen LogP contribution in [0.25, 0.3) is 0 Å². The number of rotatable bonds is 4. The number of aliphatic carboxylic acids is 1. The second kappa shape index (κ2) is 6.11. The van der Waals surface area contributed by atoms with Crippen LogP contribution >= 0.6 is 0 Å². The lowest BCUT2D eigenvalue weighted by molar-refractivity contribution is -0.147. The van der Waals surface area contributed by atoms with Crippen LogP contribution in [-0.4, -0.2) is 54.2 Å². The number of amides is 2. The van der Waals surface area contributed by atoms with E-state index in [0.29, 0.717) is 24.9 Å². The van der Waals surface area contributed by atoms with Gasteiger partial charge in [-0.2, -0.15) is 0 Å². The van der Waals surface area contributed by atoms with Crippen molar-refractivity contribution in [3.63, 3.8) is 0 Å². The van der Waals surface area contributed by atoms with Crippen LogP contribution in [-0.2, 0) is 14.3 Å². The Hall–Kier alpha value is -1.79. The van der Waals surface area contributed by atoms with E-state index in [1.165, 1.54) is 13.5 Å². The molecule has 3 atom stereocenters. The summed E-state index contributed by atoms with van der Waals surface area (Å²) in [5, 5.41) is 11.4. The molecule has 2 aliphatic rings. The lowest BCUT2D eigenvalue weighted by Crippen LogP contribution is -2.48. The molecule has 2 N–H and O–H groups in total. The number of likely N-dealkylation sites (tertiary alicyclic amines) is 1. The maximum Gasteiger partial charge on any atom is 0.326 e. The first-order valence-electron chi connectivity index (χ1n) is 6.86. The van der Waals surface area contributed by atoms with Gasteiger partial charge in [0.1, 0.15) is 6.04 Å². The van der Waals surface area contributed by atoms with E-state index < -0.39 is 24.0 Å². The van der Waals surface area contributed by atoms with Crippen LogP contribution in [0.2, 0.25) is 0 Å². The van der Waals surface area contributed by atoms with E-state index in [1.54, 1.807) is 4.90 Å². The number of carboxylic acid groups (broad SMARTS) is 1. The fourth-order valence-corrected chi connectivity index (χ4v) is 3.09. The second-order valence-corrected chi connectivity index (χ2v) is 5.48. The number of nitrogens with one attached hydrogen (secondary N) is 1. The summed E-state index contributed by atoms with van der Waals surface area (Å²) in [6.07, 6.45) is 3.13. The Labute approximate surface area is 117 Å². The summed E-state index contributed by atoms with van der Waals surface area (Å²) in [5.41, 5.74) is 0. The largest absolute Gasteiger partial charge is 0.480 e. The summed E-state index contributed by atoms with van der Waals surface area (Å²) in [7, 11) is 1.19. The number of ether oxygens (including phenoxy) is 1. The zero-order chi connectivity index (χ0) is 14.7. The number of hydrogen-bond donors (Lipinski definition) is 2. The molecule has 2 rings (SSSR count). The predicted octanol–water partition coefficient (Wildman–Crippen LogP) is 0.444. The van der Waals surface area contributed by atoms with Crippen molar-refractivity contribution in [3.05, 3.63) is 0 Å². The summed E-state index contributed by atoms with van der Waals surface area (Å²) < 4.78 is 4.43. The molecule has 2 fully saturated rings. The van der Waals surface area contributed by atoms with Crippen molar-refractivity contribution in [1.29, 1.82) is 0 Å². The van der Waals surface area contributed by atoms with Gasteiger partial charge in [0.25, 0.3) is 0 Å². The minimum Gasteiger partial charge on any atom is -0.480 e. The molecule has 7 nitrogen and oxygen atoms in total. The first-order chi connectivity index (χ1) is 9.51. The van der Waals surface area contributed by atoms with Gasteiger partial charge in [-0.3, -0.25) is 4.79 Å². The summed E-state index contributed by atoms with van der Waals surface area (Å²) >= 11 is 0. The molecule has 2 unspecified atom stereocenters. The van der Waals surface area contributed by atoms with E-state index in [1.807, 2.05) is 0 Å². The van der Waals surface area contributed by atoms with Gasteiger partial charge in [-0.05, 0) is 24.7 Å². The van der Waals surface area contributed by atoms with Gasteiger partial charge in [0.05, 0.1) is 13.5 Å². The molecule has 0 spiro atoms. The van der Waals surface area contributed by atoms with E-state index >= 15 is 0 Å². The van der Waals surface area contributed by atoms with E-state index in [9.17, 15) is 14.4 Å². The lowest BCUT2D eigenvalue weighted by Gasteiger charge is -2.21. The van der Waals surface area contributed by atoms with E-state index in [0.717, 1.165) is 12.8 Å². The van der Waals surface area contributed by atoms with Gasteiger partial charge in [0.2, 0.25) is 0 Å². The Morgan fingerprint density at radius 2 is 1.90 bits per heavy atom. The topological polar surface area (TPSA) is 95.9 Å². The van der Waals surface area contributed by atoms with Crippen molar-refractivity contribution < 1.29 is 24.2 Å². The molecular weight excluding hydrogens is 264 g/mol. The number of urea groups is 1. The Bertz CT molecular complexity index is 400. The predicted molar refractivity (Wildman–Crippen MR) is 69.0 cm³/mol. The molecule has 0 aromatic heterocycles. The summed E-state index contributed by atoms with van der Waals surface area (Å²) in [6.45, 7) is 1.36. The van der Waals surface area contributed by atoms with Crippen LogP contribution in [0.15, 0.2) is 0 Å². The molecular formula is C13H20N2O5. The molecule has 1 aliphatic heterocycles. The number of methoxy groups -OCH3 is 1. The molecule has 112 valence electrons. The highest BCUT2D eigenvalue weighted by Gasteiger charge is 2.38. The zero-order valence-corrected chi connectivity index (χ0v) is 11.5. The summed E-state index contributed by atoms with van der Waals surface area (Å²) in [5.74, 6) is -0.798. The first-order valence-corrected chi connectivity index (χ1v) is 6.86. The summed E-state index contributed by atoms with van der Waals surface area (Å²) in [6, 6.07) is -1.65. The van der Waals surface area contributed by atoms with E-state index in [-0.39, 0.29) is 6.42 Å².